The van der Waals surface area contributed by atoms with Crippen molar-refractivity contribution in [2.45, 2.75) is 18.0 Å². The molecule has 0 bridgehead atoms. The van der Waals surface area contributed by atoms with Crippen LogP contribution in [-0.2, 0) is 16.0 Å². The maximum Gasteiger partial charge on any atom is 0.416 e. The van der Waals surface area contributed by atoms with Gasteiger partial charge in [0, 0.05) is 0 Å². The molecule has 2 aromatic rings. The fourth-order valence-corrected chi connectivity index (χ4v) is 3.11. The van der Waals surface area contributed by atoms with Crippen LogP contribution < -0.4 is 5.32 Å². The molecule has 2 aromatic carbocycles. The Morgan fingerprint density at radius 3 is 2.33 bits per heavy atom. The Morgan fingerprint density at radius 2 is 1.79 bits per heavy atom. The van der Waals surface area contributed by atoms with Gasteiger partial charge in [0.1, 0.15) is 5.75 Å². The highest BCUT2D eigenvalue weighted by Gasteiger charge is 2.31. The summed E-state index contributed by atoms with van der Waals surface area (Å²) in [6.07, 6.45) is -4.56. The summed E-state index contributed by atoms with van der Waals surface area (Å²) in [5.74, 6) is -0.505. The van der Waals surface area contributed by atoms with Gasteiger partial charge in [-0.25, -0.2) is 8.42 Å². The standard InChI is InChI=1S/C15H13ClF3NO3S/c1-2-24(22,23)10-4-5-12(11(16)8-10)20-13-7-9(15(17,18)19)3-6-14(13)21/h3-8,20-21H,2H2,1H3. The van der Waals surface area contributed by atoms with E-state index in [-0.39, 0.29) is 27.0 Å². The quantitative estimate of drug-likeness (QED) is 0.762. The van der Waals surface area contributed by atoms with Crippen LogP contribution in [0.15, 0.2) is 41.3 Å². The van der Waals surface area contributed by atoms with Crippen LogP contribution >= 0.6 is 11.6 Å². The second kappa shape index (κ2) is 6.52. The fraction of sp³-hybridized carbons (Fsp3) is 0.200. The third-order valence-electron chi connectivity index (χ3n) is 3.27. The van der Waals surface area contributed by atoms with Gasteiger partial charge in [0.15, 0.2) is 9.84 Å². The molecule has 0 heterocycles. The van der Waals surface area contributed by atoms with E-state index in [1.807, 2.05) is 0 Å². The highest BCUT2D eigenvalue weighted by molar-refractivity contribution is 7.91. The molecule has 0 aliphatic heterocycles. The minimum atomic E-state index is -4.56. The van der Waals surface area contributed by atoms with Crippen molar-refractivity contribution in [2.24, 2.45) is 0 Å². The summed E-state index contributed by atoms with van der Waals surface area (Å²) in [6, 6.07) is 6.21. The molecule has 0 radical (unpaired) electrons. The Hall–Kier alpha value is -1.93. The van der Waals surface area contributed by atoms with Crippen molar-refractivity contribution < 1.29 is 26.7 Å². The smallest absolute Gasteiger partial charge is 0.416 e. The predicted molar refractivity (Wildman–Crippen MR) is 85.6 cm³/mol. The number of aromatic hydroxyl groups is 1. The second-order valence-electron chi connectivity index (χ2n) is 4.90. The first-order chi connectivity index (χ1) is 11.0. The number of sulfone groups is 1. The topological polar surface area (TPSA) is 66.4 Å². The van der Waals surface area contributed by atoms with E-state index in [4.69, 9.17) is 11.6 Å². The van der Waals surface area contributed by atoms with Gasteiger partial charge in [-0.1, -0.05) is 18.5 Å². The van der Waals surface area contributed by atoms with E-state index in [1.165, 1.54) is 25.1 Å². The maximum absolute atomic E-state index is 12.7. The van der Waals surface area contributed by atoms with Gasteiger partial charge in [0.2, 0.25) is 0 Å². The molecule has 0 aromatic heterocycles. The number of alkyl halides is 3. The lowest BCUT2D eigenvalue weighted by Gasteiger charge is -2.14. The number of nitrogens with one attached hydrogen (secondary N) is 1. The highest BCUT2D eigenvalue weighted by atomic mass is 35.5. The van der Waals surface area contributed by atoms with Gasteiger partial charge in [-0.2, -0.15) is 13.2 Å². The Balaban J connectivity index is 2.39. The molecule has 0 amide bonds. The summed E-state index contributed by atoms with van der Waals surface area (Å²) in [6.45, 7) is 1.48. The molecule has 0 atom stereocenters. The number of phenols is 1. The Morgan fingerprint density at radius 1 is 1.12 bits per heavy atom. The van der Waals surface area contributed by atoms with Crippen LogP contribution in [0.5, 0.6) is 5.75 Å². The lowest BCUT2D eigenvalue weighted by molar-refractivity contribution is -0.137. The van der Waals surface area contributed by atoms with Crippen molar-refractivity contribution in [3.05, 3.63) is 47.0 Å². The minimum absolute atomic E-state index is 0.00124. The minimum Gasteiger partial charge on any atom is -0.506 e. The first-order valence-corrected chi connectivity index (χ1v) is 8.77. The summed E-state index contributed by atoms with van der Waals surface area (Å²) in [5, 5.41) is 12.3. The van der Waals surface area contributed by atoms with Crippen molar-refractivity contribution in [1.29, 1.82) is 0 Å². The molecule has 2 rings (SSSR count). The van der Waals surface area contributed by atoms with Crippen LogP contribution in [0.3, 0.4) is 0 Å². The number of halogens is 4. The molecule has 0 saturated heterocycles. The Bertz CT molecular complexity index is 867. The zero-order valence-electron chi connectivity index (χ0n) is 12.4. The van der Waals surface area contributed by atoms with Gasteiger partial charge in [-0.3, -0.25) is 0 Å². The maximum atomic E-state index is 12.7. The molecule has 0 unspecified atom stereocenters. The van der Waals surface area contributed by atoms with Crippen LogP contribution in [0.1, 0.15) is 12.5 Å². The predicted octanol–water partition coefficient (Wildman–Crippen LogP) is 4.60. The lowest BCUT2D eigenvalue weighted by atomic mass is 10.1. The van der Waals surface area contributed by atoms with Gasteiger partial charge in [-0.05, 0) is 36.4 Å². The van der Waals surface area contributed by atoms with Gasteiger partial charge >= 0.3 is 6.18 Å². The average molecular weight is 380 g/mol. The second-order valence-corrected chi connectivity index (χ2v) is 7.59. The average Bonchev–Trinajstić information content (AvgIpc) is 2.50. The number of anilines is 2. The molecule has 0 aliphatic rings. The normalized spacial score (nSPS) is 12.2. The van der Waals surface area contributed by atoms with Gasteiger partial charge in [0.25, 0.3) is 0 Å². The summed E-state index contributed by atoms with van der Waals surface area (Å²) >= 11 is 5.99. The molecule has 24 heavy (non-hydrogen) atoms. The highest BCUT2D eigenvalue weighted by Crippen LogP contribution is 2.37. The van der Waals surface area contributed by atoms with Crippen molar-refractivity contribution in [2.75, 3.05) is 11.1 Å². The van der Waals surface area contributed by atoms with Gasteiger partial charge in [0.05, 0.1) is 32.6 Å². The van der Waals surface area contributed by atoms with Crippen molar-refractivity contribution in [3.63, 3.8) is 0 Å². The Labute approximate surface area is 141 Å². The zero-order chi connectivity index (χ0) is 18.1. The van der Waals surface area contributed by atoms with Crippen molar-refractivity contribution >= 4 is 32.8 Å². The van der Waals surface area contributed by atoms with Gasteiger partial charge < -0.3 is 10.4 Å². The lowest BCUT2D eigenvalue weighted by Crippen LogP contribution is -2.06. The summed E-state index contributed by atoms with van der Waals surface area (Å²) in [5.41, 5.74) is -0.969. The molecule has 2 N–H and O–H groups in total. The van der Waals surface area contributed by atoms with E-state index in [0.29, 0.717) is 0 Å². The molecule has 0 fully saturated rings. The SMILES string of the molecule is CCS(=O)(=O)c1ccc(Nc2cc(C(F)(F)F)ccc2O)c(Cl)c1. The summed E-state index contributed by atoms with van der Waals surface area (Å²) < 4.78 is 61.8. The van der Waals surface area contributed by atoms with E-state index in [1.54, 1.807) is 0 Å². The monoisotopic (exact) mass is 379 g/mol. The van der Waals surface area contributed by atoms with Crippen molar-refractivity contribution in [1.82, 2.24) is 0 Å². The van der Waals surface area contributed by atoms with Crippen molar-refractivity contribution in [3.8, 4) is 5.75 Å². The number of rotatable bonds is 4. The molecule has 0 spiro atoms. The fourth-order valence-electron chi connectivity index (χ4n) is 1.91. The molecular formula is C15H13ClF3NO3S. The Kier molecular flexibility index (Phi) is 5.00. The first kappa shape index (κ1) is 18.4. The van der Waals surface area contributed by atoms with E-state index in [9.17, 15) is 26.7 Å². The largest absolute Gasteiger partial charge is 0.506 e. The van der Waals surface area contributed by atoms with E-state index < -0.39 is 27.3 Å². The van der Waals surface area contributed by atoms with Gasteiger partial charge in [-0.15, -0.1) is 0 Å². The molecule has 0 saturated carbocycles. The molecule has 4 nitrogen and oxygen atoms in total. The third-order valence-corrected chi connectivity index (χ3v) is 5.32. The first-order valence-electron chi connectivity index (χ1n) is 6.74. The van der Waals surface area contributed by atoms with Crippen LogP contribution in [0.25, 0.3) is 0 Å². The summed E-state index contributed by atoms with van der Waals surface area (Å²) in [7, 11) is -3.45. The van der Waals surface area contributed by atoms with Crippen LogP contribution in [0, 0.1) is 0 Å². The molecular weight excluding hydrogens is 367 g/mol. The summed E-state index contributed by atoms with van der Waals surface area (Å²) in [4.78, 5) is 0.00816. The van der Waals surface area contributed by atoms with Crippen LogP contribution in [-0.4, -0.2) is 19.3 Å². The third kappa shape index (κ3) is 3.93. The number of phenolic OH excluding ortho intramolecular Hbond substituents is 1. The van der Waals surface area contributed by atoms with E-state index in [0.717, 1.165) is 18.2 Å². The van der Waals surface area contributed by atoms with E-state index in [2.05, 4.69) is 5.32 Å². The molecule has 130 valence electrons. The van der Waals surface area contributed by atoms with Crippen LogP contribution in [0.2, 0.25) is 5.02 Å². The number of hydrogen-bond donors (Lipinski definition) is 2. The van der Waals surface area contributed by atoms with E-state index >= 15 is 0 Å². The molecule has 9 heteroatoms. The van der Waals surface area contributed by atoms with Crippen LogP contribution in [0.4, 0.5) is 24.5 Å². The zero-order valence-corrected chi connectivity index (χ0v) is 13.9. The number of benzene rings is 2. The molecule has 0 aliphatic carbocycles. The number of hydrogen-bond acceptors (Lipinski definition) is 4.